The molecule has 8 heteroatoms. The predicted molar refractivity (Wildman–Crippen MR) is 121 cm³/mol. The molecule has 1 aromatic carbocycles. The number of nitrogens with zero attached hydrogens (tertiary/aromatic N) is 2. The maximum atomic E-state index is 12.4. The number of rotatable bonds is 3. The van der Waals surface area contributed by atoms with Crippen LogP contribution in [0.4, 0.5) is 11.5 Å². The molecule has 1 aliphatic heterocycles. The van der Waals surface area contributed by atoms with Gasteiger partial charge in [0.2, 0.25) is 0 Å². The van der Waals surface area contributed by atoms with Crippen LogP contribution in [-0.4, -0.2) is 38.6 Å². The van der Waals surface area contributed by atoms with Gasteiger partial charge in [-0.1, -0.05) is 30.9 Å². The number of pyridine rings is 1. The molecule has 0 spiro atoms. The highest BCUT2D eigenvalue weighted by Crippen LogP contribution is 2.32. The number of fused-ring (bicyclic) bond motifs is 1. The van der Waals surface area contributed by atoms with Crippen LogP contribution in [0.25, 0.3) is 10.9 Å². The van der Waals surface area contributed by atoms with Gasteiger partial charge < -0.3 is 20.7 Å². The zero-order valence-corrected chi connectivity index (χ0v) is 17.9. The Hall–Kier alpha value is -2.35. The number of anilines is 2. The summed E-state index contributed by atoms with van der Waals surface area (Å²) in [5.74, 6) is 0.597. The lowest BCUT2D eigenvalue weighted by Crippen LogP contribution is -2.57. The number of aliphatic hydroxyl groups is 1. The van der Waals surface area contributed by atoms with Gasteiger partial charge in [-0.25, -0.2) is 0 Å². The molecule has 0 radical (unpaired) electrons. The van der Waals surface area contributed by atoms with Gasteiger partial charge in [0.25, 0.3) is 5.56 Å². The van der Waals surface area contributed by atoms with Gasteiger partial charge in [0, 0.05) is 30.0 Å². The van der Waals surface area contributed by atoms with Crippen molar-refractivity contribution in [1.82, 2.24) is 20.1 Å². The number of halogens is 1. The van der Waals surface area contributed by atoms with E-state index < -0.39 is 0 Å². The summed E-state index contributed by atoms with van der Waals surface area (Å²) >= 11 is 5.94. The van der Waals surface area contributed by atoms with Gasteiger partial charge in [-0.05, 0) is 50.1 Å². The average Bonchev–Trinajstić information content (AvgIpc) is 3.09. The Balaban J connectivity index is 0.000000313. The van der Waals surface area contributed by atoms with Crippen molar-refractivity contribution in [3.63, 3.8) is 0 Å². The van der Waals surface area contributed by atoms with Gasteiger partial charge in [0.1, 0.15) is 5.39 Å². The summed E-state index contributed by atoms with van der Waals surface area (Å²) in [5.41, 5.74) is 1.24. The molecule has 160 valence electrons. The van der Waals surface area contributed by atoms with Crippen molar-refractivity contribution in [3.05, 3.63) is 51.9 Å². The molecule has 0 bridgehead atoms. The number of hydrogen-bond donors (Lipinski definition) is 4. The van der Waals surface area contributed by atoms with Gasteiger partial charge in [0.15, 0.2) is 5.82 Å². The van der Waals surface area contributed by atoms with Gasteiger partial charge >= 0.3 is 0 Å². The van der Waals surface area contributed by atoms with E-state index in [-0.39, 0.29) is 11.2 Å². The molecule has 2 aromatic heterocycles. The maximum absolute atomic E-state index is 12.4. The first kappa shape index (κ1) is 20.9. The minimum atomic E-state index is -0.389. The van der Waals surface area contributed by atoms with Crippen LogP contribution in [0.2, 0.25) is 5.02 Å². The third-order valence-corrected chi connectivity index (χ3v) is 5.92. The van der Waals surface area contributed by atoms with Crippen LogP contribution in [-0.2, 0) is 0 Å². The third-order valence-electron chi connectivity index (χ3n) is 5.67. The summed E-state index contributed by atoms with van der Waals surface area (Å²) in [5, 5.41) is 21.1. The number of β-amino-alcohol motifs (C(OH)–C–C–N with tert-alkyl or cyclic N) is 1. The van der Waals surface area contributed by atoms with Crippen molar-refractivity contribution >= 4 is 34.0 Å². The lowest BCUT2D eigenvalue weighted by atomic mass is 9.95. The molecule has 0 unspecified atom stereocenters. The Kier molecular flexibility index (Phi) is 6.13. The molecule has 3 aromatic rings. The molecule has 1 aliphatic carbocycles. The first-order chi connectivity index (χ1) is 14.4. The van der Waals surface area contributed by atoms with Crippen LogP contribution in [0.1, 0.15) is 45.1 Å². The number of H-pyrrole nitrogens is 1. The molecule has 2 aliphatic rings. The Morgan fingerprint density at radius 2 is 1.83 bits per heavy atom. The molecule has 7 nitrogen and oxygen atoms in total. The van der Waals surface area contributed by atoms with Gasteiger partial charge in [0.05, 0.1) is 17.2 Å². The molecular formula is C22H28ClN5O2. The summed E-state index contributed by atoms with van der Waals surface area (Å²) < 4.78 is 2.03. The third kappa shape index (κ3) is 4.69. The summed E-state index contributed by atoms with van der Waals surface area (Å²) in [7, 11) is 0. The standard InChI is InChI=1S/C18H19ClN4O.C4H9NO/c19-12-6-8-13(9-7-12)21-17-16-15(10-11-20-18(16)24)23(22-17)14-4-2-1-3-5-14;1-4(6)2-5-3-4/h6-11,14H,1-5H2,(H,20,24)(H,21,22);5-6H,2-3H2,1H3. The fourth-order valence-electron chi connectivity index (χ4n) is 3.95. The summed E-state index contributed by atoms with van der Waals surface area (Å²) in [4.78, 5) is 15.1. The van der Waals surface area contributed by atoms with E-state index in [9.17, 15) is 4.79 Å². The fourth-order valence-corrected chi connectivity index (χ4v) is 4.07. The summed E-state index contributed by atoms with van der Waals surface area (Å²) in [6.07, 6.45) is 7.64. The maximum Gasteiger partial charge on any atom is 0.261 e. The van der Waals surface area contributed by atoms with E-state index >= 15 is 0 Å². The van der Waals surface area contributed by atoms with E-state index in [2.05, 4.69) is 15.6 Å². The molecule has 1 saturated carbocycles. The number of hydrogen-bond acceptors (Lipinski definition) is 5. The molecule has 3 heterocycles. The molecule has 2 fully saturated rings. The average molecular weight is 430 g/mol. The van der Waals surface area contributed by atoms with Crippen LogP contribution >= 0.6 is 11.6 Å². The van der Waals surface area contributed by atoms with Crippen molar-refractivity contribution in [2.75, 3.05) is 18.4 Å². The topological polar surface area (TPSA) is 95.0 Å². The smallest absolute Gasteiger partial charge is 0.261 e. The molecule has 5 rings (SSSR count). The highest BCUT2D eigenvalue weighted by Gasteiger charge is 2.27. The quantitative estimate of drug-likeness (QED) is 0.505. The second kappa shape index (κ2) is 8.79. The van der Waals surface area contributed by atoms with Crippen LogP contribution < -0.4 is 16.2 Å². The first-order valence-corrected chi connectivity index (χ1v) is 10.9. The first-order valence-electron chi connectivity index (χ1n) is 10.5. The minimum Gasteiger partial charge on any atom is -0.388 e. The molecule has 0 amide bonds. The monoisotopic (exact) mass is 429 g/mol. The zero-order chi connectivity index (χ0) is 21.1. The highest BCUT2D eigenvalue weighted by molar-refractivity contribution is 6.30. The summed E-state index contributed by atoms with van der Waals surface area (Å²) in [6, 6.07) is 9.69. The van der Waals surface area contributed by atoms with Crippen LogP contribution in [0.5, 0.6) is 0 Å². The zero-order valence-electron chi connectivity index (χ0n) is 17.1. The minimum absolute atomic E-state index is 0.119. The summed E-state index contributed by atoms with van der Waals surface area (Å²) in [6.45, 7) is 3.34. The van der Waals surface area contributed by atoms with Crippen molar-refractivity contribution < 1.29 is 5.11 Å². The number of aromatic nitrogens is 3. The van der Waals surface area contributed by atoms with Gasteiger partial charge in [-0.2, -0.15) is 5.10 Å². The number of aromatic amines is 1. The van der Waals surface area contributed by atoms with Crippen molar-refractivity contribution in [3.8, 4) is 0 Å². The molecule has 4 N–H and O–H groups in total. The van der Waals surface area contributed by atoms with E-state index in [4.69, 9.17) is 21.8 Å². The van der Waals surface area contributed by atoms with Gasteiger partial charge in [-0.15, -0.1) is 0 Å². The van der Waals surface area contributed by atoms with E-state index in [1.54, 1.807) is 6.20 Å². The van der Waals surface area contributed by atoms with Crippen LogP contribution in [0, 0.1) is 0 Å². The van der Waals surface area contributed by atoms with E-state index in [1.807, 2.05) is 41.9 Å². The van der Waals surface area contributed by atoms with Crippen molar-refractivity contribution in [1.29, 1.82) is 0 Å². The normalized spacial score (nSPS) is 18.4. The van der Waals surface area contributed by atoms with Crippen molar-refractivity contribution in [2.24, 2.45) is 0 Å². The van der Waals surface area contributed by atoms with Gasteiger partial charge in [-0.3, -0.25) is 9.48 Å². The molecular weight excluding hydrogens is 402 g/mol. The highest BCUT2D eigenvalue weighted by atomic mass is 35.5. The van der Waals surface area contributed by atoms with E-state index in [1.165, 1.54) is 19.3 Å². The van der Waals surface area contributed by atoms with E-state index in [0.29, 0.717) is 22.3 Å². The van der Waals surface area contributed by atoms with E-state index in [0.717, 1.165) is 37.1 Å². The van der Waals surface area contributed by atoms with Crippen LogP contribution in [0.3, 0.4) is 0 Å². The van der Waals surface area contributed by atoms with Crippen molar-refractivity contribution in [2.45, 2.75) is 50.7 Å². The molecule has 0 atom stereocenters. The molecule has 30 heavy (non-hydrogen) atoms. The molecule has 1 saturated heterocycles. The Morgan fingerprint density at radius 1 is 1.17 bits per heavy atom. The number of benzene rings is 1. The SMILES string of the molecule is CC1(O)CNC1.O=c1[nH]ccc2c1c(Nc1ccc(Cl)cc1)nn2C1CCCCC1. The Labute approximate surface area is 180 Å². The Morgan fingerprint density at radius 3 is 2.43 bits per heavy atom. The lowest BCUT2D eigenvalue weighted by Gasteiger charge is -2.33. The Bertz CT molecular complexity index is 1050. The second-order valence-electron chi connectivity index (χ2n) is 8.38. The fraction of sp³-hybridized carbons (Fsp3) is 0.455. The van der Waals surface area contributed by atoms with Crippen LogP contribution in [0.15, 0.2) is 41.3 Å². The number of nitrogens with one attached hydrogen (secondary N) is 3. The second-order valence-corrected chi connectivity index (χ2v) is 8.82. The predicted octanol–water partition coefficient (Wildman–Crippen LogP) is 3.97. The largest absolute Gasteiger partial charge is 0.388 e. The lowest BCUT2D eigenvalue weighted by molar-refractivity contribution is 0.00878.